The number of nitrogens with zero attached hydrogens (tertiary/aromatic N) is 1. The third-order valence-corrected chi connectivity index (χ3v) is 2.95. The fourth-order valence-corrected chi connectivity index (χ4v) is 1.99. The molecular weight excluding hydrogens is 264 g/mol. The molecule has 0 bridgehead atoms. The Morgan fingerprint density at radius 1 is 1.55 bits per heavy atom. The van der Waals surface area contributed by atoms with Crippen LogP contribution < -0.4 is 0 Å². The quantitative estimate of drug-likeness (QED) is 0.854. The molecule has 7 heteroatoms. The molecule has 3 heterocycles. The van der Waals surface area contributed by atoms with Crippen molar-refractivity contribution in [3.63, 3.8) is 0 Å². The lowest BCUT2D eigenvalue weighted by Crippen LogP contribution is -2.22. The van der Waals surface area contributed by atoms with Gasteiger partial charge < -0.3 is 13.9 Å². The minimum Gasteiger partial charge on any atom is -0.463 e. The van der Waals surface area contributed by atoms with Crippen molar-refractivity contribution in [1.82, 2.24) is 10.2 Å². The van der Waals surface area contributed by atoms with Crippen molar-refractivity contribution in [3.05, 3.63) is 30.2 Å². The highest BCUT2D eigenvalue weighted by molar-refractivity contribution is 5.91. The number of H-pyrrole nitrogens is 1. The van der Waals surface area contributed by atoms with Crippen molar-refractivity contribution < 1.29 is 23.5 Å². The van der Waals surface area contributed by atoms with Gasteiger partial charge in [0.05, 0.1) is 6.26 Å². The molecule has 0 amide bonds. The molecule has 0 saturated carbocycles. The smallest absolute Gasteiger partial charge is 0.357 e. The SMILES string of the molecule is C[C@@H]1C[C@H](OC(=O)c2cc(-c3ccco3)n[nH]2)C(=O)O1. The minimum atomic E-state index is -0.854. The third kappa shape index (κ3) is 2.29. The van der Waals surface area contributed by atoms with Gasteiger partial charge in [-0.1, -0.05) is 0 Å². The van der Waals surface area contributed by atoms with E-state index in [2.05, 4.69) is 10.2 Å². The molecule has 1 saturated heterocycles. The maximum Gasteiger partial charge on any atom is 0.357 e. The zero-order valence-corrected chi connectivity index (χ0v) is 10.7. The Labute approximate surface area is 113 Å². The fraction of sp³-hybridized carbons (Fsp3) is 0.308. The summed E-state index contributed by atoms with van der Waals surface area (Å²) < 4.78 is 15.2. The maximum absolute atomic E-state index is 11.9. The summed E-state index contributed by atoms with van der Waals surface area (Å²) in [6.07, 6.45) is 0.787. The average Bonchev–Trinajstić information content (AvgIpc) is 3.11. The molecule has 7 nitrogen and oxygen atoms in total. The van der Waals surface area contributed by atoms with E-state index in [1.807, 2.05) is 0 Å². The second-order valence-electron chi connectivity index (χ2n) is 4.52. The molecule has 3 rings (SSSR count). The van der Waals surface area contributed by atoms with Gasteiger partial charge in [-0.15, -0.1) is 0 Å². The van der Waals surface area contributed by atoms with Gasteiger partial charge in [0.15, 0.2) is 5.76 Å². The van der Waals surface area contributed by atoms with Gasteiger partial charge in [0.25, 0.3) is 0 Å². The van der Waals surface area contributed by atoms with Crippen LogP contribution >= 0.6 is 0 Å². The van der Waals surface area contributed by atoms with E-state index >= 15 is 0 Å². The van der Waals surface area contributed by atoms with E-state index in [0.717, 1.165) is 0 Å². The maximum atomic E-state index is 11.9. The third-order valence-electron chi connectivity index (χ3n) is 2.95. The van der Waals surface area contributed by atoms with Crippen LogP contribution in [-0.2, 0) is 14.3 Å². The number of aromatic amines is 1. The van der Waals surface area contributed by atoms with Crippen LogP contribution in [0.1, 0.15) is 23.8 Å². The van der Waals surface area contributed by atoms with Gasteiger partial charge in [-0.25, -0.2) is 9.59 Å². The van der Waals surface area contributed by atoms with Crippen molar-refractivity contribution in [2.45, 2.75) is 25.6 Å². The number of rotatable bonds is 3. The van der Waals surface area contributed by atoms with E-state index < -0.39 is 18.0 Å². The Bertz CT molecular complexity index is 631. The summed E-state index contributed by atoms with van der Waals surface area (Å²) in [5.74, 6) is -0.628. The second kappa shape index (κ2) is 4.84. The van der Waals surface area contributed by atoms with Gasteiger partial charge in [0.1, 0.15) is 17.5 Å². The van der Waals surface area contributed by atoms with Crippen LogP contribution in [0, 0.1) is 0 Å². The lowest BCUT2D eigenvalue weighted by Gasteiger charge is -2.06. The number of ether oxygens (including phenoxy) is 2. The number of nitrogens with one attached hydrogen (secondary N) is 1. The van der Waals surface area contributed by atoms with E-state index in [4.69, 9.17) is 13.9 Å². The Hall–Kier alpha value is -2.57. The van der Waals surface area contributed by atoms with Crippen molar-refractivity contribution >= 4 is 11.9 Å². The molecule has 2 aromatic rings. The van der Waals surface area contributed by atoms with Crippen molar-refractivity contribution in [1.29, 1.82) is 0 Å². The first-order valence-corrected chi connectivity index (χ1v) is 6.14. The first kappa shape index (κ1) is 12.5. The second-order valence-corrected chi connectivity index (χ2v) is 4.52. The molecular formula is C13H12N2O5. The first-order valence-electron chi connectivity index (χ1n) is 6.14. The summed E-state index contributed by atoms with van der Waals surface area (Å²) >= 11 is 0. The average molecular weight is 276 g/mol. The number of cyclic esters (lactones) is 1. The van der Waals surface area contributed by atoms with Gasteiger partial charge in [0, 0.05) is 12.5 Å². The van der Waals surface area contributed by atoms with Crippen LogP contribution in [0.4, 0.5) is 0 Å². The molecule has 104 valence electrons. The Morgan fingerprint density at radius 2 is 2.40 bits per heavy atom. The minimum absolute atomic E-state index is 0.156. The number of furan rings is 1. The van der Waals surface area contributed by atoms with Crippen LogP contribution in [0.15, 0.2) is 28.9 Å². The highest BCUT2D eigenvalue weighted by Gasteiger charge is 2.35. The van der Waals surface area contributed by atoms with Crippen LogP contribution in [0.3, 0.4) is 0 Å². The highest BCUT2D eigenvalue weighted by atomic mass is 16.6. The van der Waals surface area contributed by atoms with Gasteiger partial charge in [-0.2, -0.15) is 5.10 Å². The number of hydrogen-bond donors (Lipinski definition) is 1. The van der Waals surface area contributed by atoms with Gasteiger partial charge in [-0.05, 0) is 19.1 Å². The van der Waals surface area contributed by atoms with Crippen LogP contribution in [-0.4, -0.2) is 34.3 Å². The number of aromatic nitrogens is 2. The molecule has 1 fully saturated rings. The van der Waals surface area contributed by atoms with E-state index in [1.165, 1.54) is 12.3 Å². The predicted octanol–water partition coefficient (Wildman–Crippen LogP) is 1.53. The van der Waals surface area contributed by atoms with Gasteiger partial charge in [0.2, 0.25) is 6.10 Å². The monoisotopic (exact) mass is 276 g/mol. The molecule has 2 aromatic heterocycles. The summed E-state index contributed by atoms with van der Waals surface area (Å²) in [7, 11) is 0. The standard InChI is InChI=1S/C13H12N2O5/c1-7-5-11(13(17)19-7)20-12(16)9-6-8(14-15-9)10-3-2-4-18-10/h2-4,6-7,11H,5H2,1H3,(H,14,15)/t7-,11+/m1/s1. The molecule has 0 spiro atoms. The van der Waals surface area contributed by atoms with Gasteiger partial charge >= 0.3 is 11.9 Å². The van der Waals surface area contributed by atoms with E-state index in [1.54, 1.807) is 19.1 Å². The predicted molar refractivity (Wildman–Crippen MR) is 65.7 cm³/mol. The molecule has 20 heavy (non-hydrogen) atoms. The van der Waals surface area contributed by atoms with Crippen LogP contribution in [0.25, 0.3) is 11.5 Å². The fourth-order valence-electron chi connectivity index (χ4n) is 1.99. The highest BCUT2D eigenvalue weighted by Crippen LogP contribution is 2.21. The molecule has 2 atom stereocenters. The first-order chi connectivity index (χ1) is 9.63. The van der Waals surface area contributed by atoms with E-state index in [0.29, 0.717) is 17.9 Å². The van der Waals surface area contributed by atoms with Crippen LogP contribution in [0.5, 0.6) is 0 Å². The summed E-state index contributed by atoms with van der Waals surface area (Å²) in [5, 5.41) is 6.51. The number of carbonyl (C=O) groups excluding carboxylic acids is 2. The van der Waals surface area contributed by atoms with Gasteiger partial charge in [-0.3, -0.25) is 5.10 Å². The van der Waals surface area contributed by atoms with Crippen molar-refractivity contribution in [2.75, 3.05) is 0 Å². The summed E-state index contributed by atoms with van der Waals surface area (Å²) in [4.78, 5) is 23.3. The normalized spacial score (nSPS) is 21.8. The summed E-state index contributed by atoms with van der Waals surface area (Å²) in [6, 6.07) is 4.95. The summed E-state index contributed by atoms with van der Waals surface area (Å²) in [5.41, 5.74) is 0.646. The molecule has 1 aliphatic heterocycles. The van der Waals surface area contributed by atoms with Crippen molar-refractivity contribution in [2.24, 2.45) is 0 Å². The summed E-state index contributed by atoms with van der Waals surface area (Å²) in [6.45, 7) is 1.75. The lowest BCUT2D eigenvalue weighted by molar-refractivity contribution is -0.147. The number of esters is 2. The molecule has 0 radical (unpaired) electrons. The molecule has 1 N–H and O–H groups in total. The number of hydrogen-bond acceptors (Lipinski definition) is 6. The van der Waals surface area contributed by atoms with E-state index in [-0.39, 0.29) is 11.8 Å². The zero-order chi connectivity index (χ0) is 14.1. The largest absolute Gasteiger partial charge is 0.463 e. The lowest BCUT2D eigenvalue weighted by atomic mass is 10.2. The van der Waals surface area contributed by atoms with E-state index in [9.17, 15) is 9.59 Å². The zero-order valence-electron chi connectivity index (χ0n) is 10.7. The molecule has 0 aromatic carbocycles. The topological polar surface area (TPSA) is 94.4 Å². The number of carbonyl (C=O) groups is 2. The molecule has 0 unspecified atom stereocenters. The Balaban J connectivity index is 1.70. The molecule has 0 aliphatic carbocycles. The Kier molecular flexibility index (Phi) is 3.02. The molecule has 1 aliphatic rings. The van der Waals surface area contributed by atoms with Crippen molar-refractivity contribution in [3.8, 4) is 11.5 Å². The Morgan fingerprint density at radius 3 is 3.05 bits per heavy atom. The van der Waals surface area contributed by atoms with Crippen LogP contribution in [0.2, 0.25) is 0 Å².